The van der Waals surface area contributed by atoms with Gasteiger partial charge in [-0.25, -0.2) is 14.0 Å². The zero-order valence-corrected chi connectivity index (χ0v) is 11.3. The van der Waals surface area contributed by atoms with Crippen molar-refractivity contribution < 1.29 is 18.7 Å². The number of likely N-dealkylation sites (tertiary alicyclic amines) is 1. The maximum atomic E-state index is 12.8. The van der Waals surface area contributed by atoms with E-state index < -0.39 is 6.09 Å². The first kappa shape index (κ1) is 14.1. The second kappa shape index (κ2) is 5.77. The number of carbonyl (C=O) groups excluding carboxylic acids is 2. The summed E-state index contributed by atoms with van der Waals surface area (Å²) in [7, 11) is 2.91. The Labute approximate surface area is 116 Å². The number of ether oxygens (including phenoxy) is 1. The molecular formula is C13H16FN3O3. The molecule has 7 heteroatoms. The first-order valence-electron chi connectivity index (χ1n) is 6.14. The Kier molecular flexibility index (Phi) is 4.07. The third-order valence-electron chi connectivity index (χ3n) is 3.16. The molecule has 6 nitrogen and oxygen atoms in total. The van der Waals surface area contributed by atoms with Gasteiger partial charge in [0, 0.05) is 25.8 Å². The maximum absolute atomic E-state index is 12.8. The predicted octanol–water partition coefficient (Wildman–Crippen LogP) is 1.42. The summed E-state index contributed by atoms with van der Waals surface area (Å²) < 4.78 is 17.4. The Bertz CT molecular complexity index is 500. The van der Waals surface area contributed by atoms with Crippen molar-refractivity contribution in [1.29, 1.82) is 0 Å². The normalized spacial score (nSPS) is 14.4. The van der Waals surface area contributed by atoms with E-state index in [-0.39, 0.29) is 17.9 Å². The Hall–Kier alpha value is -2.31. The van der Waals surface area contributed by atoms with Crippen molar-refractivity contribution in [3.05, 3.63) is 30.1 Å². The summed E-state index contributed by atoms with van der Waals surface area (Å²) in [6, 6.07) is 5.24. The first-order valence-corrected chi connectivity index (χ1v) is 6.14. The summed E-state index contributed by atoms with van der Waals surface area (Å²) in [6.07, 6.45) is -0.401. The topological polar surface area (TPSA) is 61.9 Å². The molecule has 0 radical (unpaired) electrons. The van der Waals surface area contributed by atoms with Gasteiger partial charge in [0.25, 0.3) is 0 Å². The molecule has 2 rings (SSSR count). The summed E-state index contributed by atoms with van der Waals surface area (Å²) in [4.78, 5) is 26.0. The molecule has 1 aromatic carbocycles. The molecule has 20 heavy (non-hydrogen) atoms. The van der Waals surface area contributed by atoms with E-state index in [1.165, 1.54) is 41.2 Å². The van der Waals surface area contributed by atoms with Crippen LogP contribution in [0, 0.1) is 5.82 Å². The number of nitrogens with zero attached hydrogens (tertiary/aromatic N) is 2. The fraction of sp³-hybridized carbons (Fsp3) is 0.385. The highest BCUT2D eigenvalue weighted by Crippen LogP contribution is 2.14. The highest BCUT2D eigenvalue weighted by Gasteiger charge is 2.32. The number of halogens is 1. The minimum Gasteiger partial charge on any atom is -0.453 e. The molecule has 0 aliphatic carbocycles. The Balaban J connectivity index is 1.84. The fourth-order valence-electron chi connectivity index (χ4n) is 1.90. The highest BCUT2D eigenvalue weighted by molar-refractivity contribution is 5.91. The van der Waals surface area contributed by atoms with Gasteiger partial charge >= 0.3 is 12.1 Å². The van der Waals surface area contributed by atoms with Crippen molar-refractivity contribution in [2.45, 2.75) is 6.04 Å². The number of methoxy groups -OCH3 is 1. The van der Waals surface area contributed by atoms with Crippen molar-refractivity contribution in [3.8, 4) is 0 Å². The average Bonchev–Trinajstić information content (AvgIpc) is 2.41. The summed E-state index contributed by atoms with van der Waals surface area (Å²) >= 11 is 0. The number of urea groups is 1. The van der Waals surface area contributed by atoms with E-state index in [9.17, 15) is 14.0 Å². The van der Waals surface area contributed by atoms with Gasteiger partial charge in [0.05, 0.1) is 13.2 Å². The molecule has 1 aromatic rings. The van der Waals surface area contributed by atoms with Crippen LogP contribution < -0.4 is 10.2 Å². The Morgan fingerprint density at radius 3 is 2.50 bits per heavy atom. The molecule has 3 amide bonds. The molecule has 0 saturated carbocycles. The number of hydrogen-bond acceptors (Lipinski definition) is 3. The minimum atomic E-state index is -0.401. The molecule has 0 aromatic heterocycles. The monoisotopic (exact) mass is 281 g/mol. The summed E-state index contributed by atoms with van der Waals surface area (Å²) in [6.45, 7) is 0.853. The molecule has 1 N–H and O–H groups in total. The number of anilines is 1. The van der Waals surface area contributed by atoms with Crippen LogP contribution in [0.25, 0.3) is 0 Å². The fourth-order valence-corrected chi connectivity index (χ4v) is 1.90. The second-order valence-corrected chi connectivity index (χ2v) is 4.56. The van der Waals surface area contributed by atoms with Crippen LogP contribution in [0.2, 0.25) is 0 Å². The van der Waals surface area contributed by atoms with E-state index in [4.69, 9.17) is 0 Å². The van der Waals surface area contributed by atoms with Crippen molar-refractivity contribution >= 4 is 17.8 Å². The van der Waals surface area contributed by atoms with Crippen LogP contribution in [0.5, 0.6) is 0 Å². The molecule has 108 valence electrons. The largest absolute Gasteiger partial charge is 0.453 e. The molecule has 0 atom stereocenters. The van der Waals surface area contributed by atoms with Crippen LogP contribution in [-0.2, 0) is 4.74 Å². The third kappa shape index (κ3) is 2.98. The molecule has 0 spiro atoms. The highest BCUT2D eigenvalue weighted by atomic mass is 19.1. The Morgan fingerprint density at radius 1 is 1.35 bits per heavy atom. The lowest BCUT2D eigenvalue weighted by molar-refractivity contribution is 0.0826. The second-order valence-electron chi connectivity index (χ2n) is 4.56. The van der Waals surface area contributed by atoms with Crippen molar-refractivity contribution in [3.63, 3.8) is 0 Å². The van der Waals surface area contributed by atoms with E-state index in [1.54, 1.807) is 7.05 Å². The quantitative estimate of drug-likeness (QED) is 0.892. The number of hydrogen-bond donors (Lipinski definition) is 1. The van der Waals surface area contributed by atoms with E-state index in [2.05, 4.69) is 10.1 Å². The van der Waals surface area contributed by atoms with Gasteiger partial charge in [-0.2, -0.15) is 0 Å². The zero-order valence-electron chi connectivity index (χ0n) is 11.3. The molecule has 1 aliphatic rings. The lowest BCUT2D eigenvalue weighted by Crippen LogP contribution is -2.62. The molecule has 1 fully saturated rings. The van der Waals surface area contributed by atoms with E-state index in [0.717, 1.165) is 0 Å². The van der Waals surface area contributed by atoms with Gasteiger partial charge in [-0.15, -0.1) is 0 Å². The van der Waals surface area contributed by atoms with Crippen LogP contribution in [0.1, 0.15) is 0 Å². The van der Waals surface area contributed by atoms with Crippen molar-refractivity contribution in [2.75, 3.05) is 32.1 Å². The SMILES string of the molecule is COC(=O)N1CC(NC(=O)N(C)c2ccc(F)cc2)C1. The first-order chi connectivity index (χ1) is 9.51. The van der Waals surface area contributed by atoms with Crippen LogP contribution >= 0.6 is 0 Å². The summed E-state index contributed by atoms with van der Waals surface area (Å²) in [5, 5.41) is 2.78. The molecule has 1 saturated heterocycles. The molecule has 1 aliphatic heterocycles. The van der Waals surface area contributed by atoms with Crippen LogP contribution in [0.15, 0.2) is 24.3 Å². The lowest BCUT2D eigenvalue weighted by Gasteiger charge is -2.38. The van der Waals surface area contributed by atoms with Crippen LogP contribution in [0.4, 0.5) is 19.7 Å². The van der Waals surface area contributed by atoms with Gasteiger partial charge in [-0.05, 0) is 24.3 Å². The minimum absolute atomic E-state index is 0.0931. The van der Waals surface area contributed by atoms with Crippen molar-refractivity contribution in [1.82, 2.24) is 10.2 Å². The summed E-state index contributed by atoms with van der Waals surface area (Å²) in [5.41, 5.74) is 0.591. The number of benzene rings is 1. The smallest absolute Gasteiger partial charge is 0.409 e. The number of amides is 3. The number of nitrogens with one attached hydrogen (secondary N) is 1. The Morgan fingerprint density at radius 2 is 1.95 bits per heavy atom. The average molecular weight is 281 g/mol. The lowest BCUT2D eigenvalue weighted by atomic mass is 10.1. The van der Waals surface area contributed by atoms with Gasteiger partial charge in [0.1, 0.15) is 5.82 Å². The molecule has 1 heterocycles. The predicted molar refractivity (Wildman–Crippen MR) is 71.1 cm³/mol. The maximum Gasteiger partial charge on any atom is 0.409 e. The van der Waals surface area contributed by atoms with E-state index in [0.29, 0.717) is 18.8 Å². The molecule has 0 bridgehead atoms. The van der Waals surface area contributed by atoms with E-state index in [1.807, 2.05) is 0 Å². The van der Waals surface area contributed by atoms with E-state index >= 15 is 0 Å². The van der Waals surface area contributed by atoms with Crippen LogP contribution in [-0.4, -0.2) is 50.3 Å². The third-order valence-corrected chi connectivity index (χ3v) is 3.16. The molecular weight excluding hydrogens is 265 g/mol. The van der Waals surface area contributed by atoms with Gasteiger partial charge in [0.15, 0.2) is 0 Å². The van der Waals surface area contributed by atoms with Crippen LogP contribution in [0.3, 0.4) is 0 Å². The van der Waals surface area contributed by atoms with Gasteiger partial charge in [0.2, 0.25) is 0 Å². The zero-order chi connectivity index (χ0) is 14.7. The van der Waals surface area contributed by atoms with Gasteiger partial charge < -0.3 is 15.0 Å². The van der Waals surface area contributed by atoms with Crippen molar-refractivity contribution in [2.24, 2.45) is 0 Å². The summed E-state index contributed by atoms with van der Waals surface area (Å²) in [5.74, 6) is -0.352. The van der Waals surface area contributed by atoms with Gasteiger partial charge in [-0.3, -0.25) is 4.90 Å². The number of rotatable bonds is 2. The molecule has 0 unspecified atom stereocenters. The van der Waals surface area contributed by atoms with Gasteiger partial charge in [-0.1, -0.05) is 0 Å². The standard InChI is InChI=1S/C13H16FN3O3/c1-16(11-5-3-9(14)4-6-11)12(18)15-10-7-17(8-10)13(19)20-2/h3-6,10H,7-8H2,1-2H3,(H,15,18). The number of carbonyl (C=O) groups is 2.